The number of fused-ring (bicyclic) bond motifs is 2. The lowest BCUT2D eigenvalue weighted by molar-refractivity contribution is -0.0412. The summed E-state index contributed by atoms with van der Waals surface area (Å²) in [5.74, 6) is 2.16. The normalized spacial score (nSPS) is 23.7. The van der Waals surface area contributed by atoms with Crippen molar-refractivity contribution in [3.8, 4) is 11.5 Å². The Labute approximate surface area is 106 Å². The van der Waals surface area contributed by atoms with Crippen LogP contribution in [0.1, 0.15) is 25.0 Å². The van der Waals surface area contributed by atoms with Crippen LogP contribution >= 0.6 is 0 Å². The maximum absolute atomic E-state index is 10.0. The van der Waals surface area contributed by atoms with E-state index in [9.17, 15) is 5.11 Å². The summed E-state index contributed by atoms with van der Waals surface area (Å²) in [6, 6.07) is 3.89. The monoisotopic (exact) mass is 244 g/mol. The van der Waals surface area contributed by atoms with E-state index in [-0.39, 0.29) is 0 Å². The van der Waals surface area contributed by atoms with Crippen LogP contribution < -0.4 is 9.47 Å². The Morgan fingerprint density at radius 1 is 1.28 bits per heavy atom. The molecule has 0 aliphatic carbocycles. The van der Waals surface area contributed by atoms with Crippen molar-refractivity contribution in [3.05, 3.63) is 41.7 Å². The average molecular weight is 244 g/mol. The first-order chi connectivity index (χ1) is 8.45. The van der Waals surface area contributed by atoms with E-state index in [1.165, 1.54) is 0 Å². The number of hydrogen-bond acceptors (Lipinski definition) is 3. The number of allylic oxidation sites excluding steroid dienone is 1. The van der Waals surface area contributed by atoms with Crippen molar-refractivity contribution < 1.29 is 14.6 Å². The van der Waals surface area contributed by atoms with Crippen molar-refractivity contribution >= 4 is 6.08 Å². The molecule has 18 heavy (non-hydrogen) atoms. The summed E-state index contributed by atoms with van der Waals surface area (Å²) in [6.45, 7) is 7.55. The second-order valence-corrected chi connectivity index (χ2v) is 5.32. The molecular formula is C15H16O3. The molecule has 1 aromatic rings. The Bertz CT molecular complexity index is 555. The SMILES string of the molecule is C=C1C=Cc2cc3c(cc2O1)OC(C)(C)C(O)C3. The van der Waals surface area contributed by atoms with Gasteiger partial charge in [-0.2, -0.15) is 0 Å². The minimum atomic E-state index is -0.567. The quantitative estimate of drug-likeness (QED) is 0.762. The van der Waals surface area contributed by atoms with Crippen LogP contribution in [0.25, 0.3) is 6.08 Å². The third kappa shape index (κ3) is 1.71. The number of benzene rings is 1. The first-order valence-electron chi connectivity index (χ1n) is 6.04. The van der Waals surface area contributed by atoms with Gasteiger partial charge < -0.3 is 14.6 Å². The number of ether oxygens (including phenoxy) is 2. The summed E-state index contributed by atoms with van der Waals surface area (Å²) in [5.41, 5.74) is 1.45. The molecule has 3 rings (SSSR count). The summed E-state index contributed by atoms with van der Waals surface area (Å²) >= 11 is 0. The largest absolute Gasteiger partial charge is 0.485 e. The minimum Gasteiger partial charge on any atom is -0.485 e. The standard InChI is InChI=1S/C15H16O3/c1-9-4-5-10-6-11-7-14(16)15(2,3)18-13(11)8-12(10)17-9/h4-6,8,14,16H,1,7H2,2-3H3. The van der Waals surface area contributed by atoms with E-state index < -0.39 is 11.7 Å². The minimum absolute atomic E-state index is 0.494. The molecular weight excluding hydrogens is 228 g/mol. The molecule has 3 nitrogen and oxygen atoms in total. The molecule has 0 spiro atoms. The Morgan fingerprint density at radius 3 is 2.83 bits per heavy atom. The van der Waals surface area contributed by atoms with Crippen molar-refractivity contribution in [3.63, 3.8) is 0 Å². The van der Waals surface area contributed by atoms with E-state index >= 15 is 0 Å². The zero-order valence-electron chi connectivity index (χ0n) is 10.6. The maximum atomic E-state index is 10.0. The van der Waals surface area contributed by atoms with E-state index in [0.717, 1.165) is 22.6 Å². The van der Waals surface area contributed by atoms with Crippen molar-refractivity contribution in [2.45, 2.75) is 32.0 Å². The number of aliphatic hydroxyl groups excluding tert-OH is 1. The van der Waals surface area contributed by atoms with Crippen LogP contribution in [0.2, 0.25) is 0 Å². The molecule has 0 saturated heterocycles. The second-order valence-electron chi connectivity index (χ2n) is 5.32. The molecule has 94 valence electrons. The Balaban J connectivity index is 2.07. The lowest BCUT2D eigenvalue weighted by Gasteiger charge is -2.37. The van der Waals surface area contributed by atoms with Crippen LogP contribution in [-0.2, 0) is 6.42 Å². The molecule has 0 saturated carbocycles. The Morgan fingerprint density at radius 2 is 2.06 bits per heavy atom. The fraction of sp³-hybridized carbons (Fsp3) is 0.333. The Hall–Kier alpha value is -1.74. The highest BCUT2D eigenvalue weighted by atomic mass is 16.5. The van der Waals surface area contributed by atoms with Crippen LogP contribution in [0.4, 0.5) is 0 Å². The van der Waals surface area contributed by atoms with Crippen molar-refractivity contribution in [2.75, 3.05) is 0 Å². The van der Waals surface area contributed by atoms with E-state index in [2.05, 4.69) is 6.58 Å². The summed E-state index contributed by atoms with van der Waals surface area (Å²) < 4.78 is 11.4. The molecule has 1 unspecified atom stereocenters. The molecule has 0 amide bonds. The summed E-state index contributed by atoms with van der Waals surface area (Å²) in [6.07, 6.45) is 3.91. The zero-order chi connectivity index (χ0) is 12.9. The maximum Gasteiger partial charge on any atom is 0.138 e. The van der Waals surface area contributed by atoms with Gasteiger partial charge in [-0.25, -0.2) is 0 Å². The third-order valence-electron chi connectivity index (χ3n) is 3.47. The van der Waals surface area contributed by atoms with E-state index in [4.69, 9.17) is 9.47 Å². The predicted molar refractivity (Wildman–Crippen MR) is 69.7 cm³/mol. The van der Waals surface area contributed by atoms with Crippen molar-refractivity contribution in [1.82, 2.24) is 0 Å². The molecule has 1 atom stereocenters. The van der Waals surface area contributed by atoms with Gasteiger partial charge in [0, 0.05) is 18.1 Å². The molecule has 1 N–H and O–H groups in total. The van der Waals surface area contributed by atoms with Crippen LogP contribution in [-0.4, -0.2) is 16.8 Å². The zero-order valence-corrected chi connectivity index (χ0v) is 10.6. The van der Waals surface area contributed by atoms with Crippen LogP contribution in [0.5, 0.6) is 11.5 Å². The first-order valence-corrected chi connectivity index (χ1v) is 6.04. The van der Waals surface area contributed by atoms with Gasteiger partial charge in [0.25, 0.3) is 0 Å². The molecule has 0 fully saturated rings. The summed E-state index contributed by atoms with van der Waals surface area (Å²) in [7, 11) is 0. The second kappa shape index (κ2) is 3.62. The molecule has 2 heterocycles. The number of hydrogen-bond donors (Lipinski definition) is 1. The van der Waals surface area contributed by atoms with Crippen LogP contribution in [0, 0.1) is 0 Å². The smallest absolute Gasteiger partial charge is 0.138 e. The molecule has 2 aliphatic heterocycles. The topological polar surface area (TPSA) is 38.7 Å². The van der Waals surface area contributed by atoms with Crippen molar-refractivity contribution in [1.29, 1.82) is 0 Å². The van der Waals surface area contributed by atoms with Gasteiger partial charge >= 0.3 is 0 Å². The van der Waals surface area contributed by atoms with Gasteiger partial charge in [-0.15, -0.1) is 0 Å². The third-order valence-corrected chi connectivity index (χ3v) is 3.47. The van der Waals surface area contributed by atoms with E-state index in [1.807, 2.05) is 38.1 Å². The van der Waals surface area contributed by atoms with Gasteiger partial charge in [0.2, 0.25) is 0 Å². The van der Waals surface area contributed by atoms with Gasteiger partial charge in [-0.05, 0) is 37.6 Å². The van der Waals surface area contributed by atoms with Gasteiger partial charge in [0.05, 0.1) is 6.10 Å². The fourth-order valence-electron chi connectivity index (χ4n) is 2.26. The molecule has 2 aliphatic rings. The van der Waals surface area contributed by atoms with E-state index in [1.54, 1.807) is 0 Å². The van der Waals surface area contributed by atoms with Gasteiger partial charge in [-0.3, -0.25) is 0 Å². The average Bonchev–Trinajstić information content (AvgIpc) is 2.28. The van der Waals surface area contributed by atoms with Crippen LogP contribution in [0.15, 0.2) is 30.5 Å². The first kappa shape index (κ1) is 11.4. The summed E-state index contributed by atoms with van der Waals surface area (Å²) in [4.78, 5) is 0. The predicted octanol–water partition coefficient (Wildman–Crippen LogP) is 2.68. The van der Waals surface area contributed by atoms with Gasteiger partial charge in [-0.1, -0.05) is 6.58 Å². The molecule has 0 bridgehead atoms. The molecule has 1 aromatic carbocycles. The molecule has 3 heteroatoms. The highest BCUT2D eigenvalue weighted by molar-refractivity contribution is 5.66. The van der Waals surface area contributed by atoms with Gasteiger partial charge in [0.15, 0.2) is 0 Å². The van der Waals surface area contributed by atoms with Crippen LogP contribution in [0.3, 0.4) is 0 Å². The Kier molecular flexibility index (Phi) is 2.29. The van der Waals surface area contributed by atoms with Crippen molar-refractivity contribution in [2.24, 2.45) is 0 Å². The highest BCUT2D eigenvalue weighted by Gasteiger charge is 2.36. The lowest BCUT2D eigenvalue weighted by Crippen LogP contribution is -2.46. The molecule has 0 aromatic heterocycles. The van der Waals surface area contributed by atoms with E-state index in [0.29, 0.717) is 12.2 Å². The van der Waals surface area contributed by atoms with Gasteiger partial charge in [0.1, 0.15) is 22.9 Å². The highest BCUT2D eigenvalue weighted by Crippen LogP contribution is 2.39. The molecule has 0 radical (unpaired) electrons. The lowest BCUT2D eigenvalue weighted by atomic mass is 9.90. The fourth-order valence-corrected chi connectivity index (χ4v) is 2.26. The summed E-state index contributed by atoms with van der Waals surface area (Å²) in [5, 5.41) is 10.0. The number of rotatable bonds is 0. The number of aliphatic hydroxyl groups is 1.